The Morgan fingerprint density at radius 3 is 1.68 bits per heavy atom. The lowest BCUT2D eigenvalue weighted by molar-refractivity contribution is 0.669. The Balaban J connectivity index is 0.999. The van der Waals surface area contributed by atoms with Crippen molar-refractivity contribution in [2.45, 2.75) is 0 Å². The normalized spacial score (nSPS) is 12.1. The minimum atomic E-state index is 0.635. The summed E-state index contributed by atoms with van der Waals surface area (Å²) in [6.07, 6.45) is 0. The van der Waals surface area contributed by atoms with Crippen LogP contribution >= 0.6 is 0 Å². The zero-order valence-corrected chi connectivity index (χ0v) is 31.7. The molecular weight excluding hydrogens is 721 g/mol. The number of aromatic nitrogens is 4. The average Bonchev–Trinajstić information content (AvgIpc) is 3.96. The number of benzene rings is 9. The number of nitrogens with zero attached hydrogens (tertiary/aromatic N) is 4. The molecule has 4 aromatic heterocycles. The first-order valence-electron chi connectivity index (χ1n) is 20.0. The second-order valence-electron chi connectivity index (χ2n) is 15.4. The van der Waals surface area contributed by atoms with E-state index in [4.69, 9.17) is 14.4 Å². The maximum absolute atomic E-state index is 6.38. The molecule has 5 nitrogen and oxygen atoms in total. The summed E-state index contributed by atoms with van der Waals surface area (Å²) in [5.41, 5.74) is 12.5. The topological polar surface area (TPSA) is 48.8 Å². The lowest BCUT2D eigenvalue weighted by Gasteiger charge is -2.12. The second-order valence-corrected chi connectivity index (χ2v) is 15.4. The van der Waals surface area contributed by atoms with Gasteiger partial charge in [-0.1, -0.05) is 115 Å². The van der Waals surface area contributed by atoms with Gasteiger partial charge >= 0.3 is 0 Å². The largest absolute Gasteiger partial charge is 0.456 e. The number of furan rings is 1. The van der Waals surface area contributed by atoms with Crippen LogP contribution in [0.3, 0.4) is 0 Å². The van der Waals surface area contributed by atoms with E-state index in [0.29, 0.717) is 5.95 Å². The summed E-state index contributed by atoms with van der Waals surface area (Å²) >= 11 is 0. The van der Waals surface area contributed by atoms with E-state index in [-0.39, 0.29) is 0 Å². The Bertz CT molecular complexity index is 3850. The van der Waals surface area contributed by atoms with Crippen molar-refractivity contribution in [1.29, 1.82) is 0 Å². The predicted molar refractivity (Wildman–Crippen MR) is 244 cm³/mol. The van der Waals surface area contributed by atoms with Gasteiger partial charge in [-0.25, -0.2) is 9.97 Å². The highest BCUT2D eigenvalue weighted by molar-refractivity contribution is 6.19. The van der Waals surface area contributed by atoms with Crippen LogP contribution in [0, 0.1) is 0 Å². The van der Waals surface area contributed by atoms with Crippen molar-refractivity contribution < 1.29 is 4.42 Å². The molecule has 13 rings (SSSR count). The first kappa shape index (κ1) is 32.1. The fourth-order valence-corrected chi connectivity index (χ4v) is 9.45. The van der Waals surface area contributed by atoms with Gasteiger partial charge in [0.2, 0.25) is 5.95 Å². The maximum atomic E-state index is 6.38. The fraction of sp³-hybridized carbons (Fsp3) is 0. The van der Waals surface area contributed by atoms with Gasteiger partial charge in [0, 0.05) is 49.0 Å². The molecule has 13 aromatic rings. The van der Waals surface area contributed by atoms with E-state index >= 15 is 0 Å². The van der Waals surface area contributed by atoms with Crippen LogP contribution in [0.2, 0.25) is 0 Å². The van der Waals surface area contributed by atoms with E-state index in [2.05, 4.69) is 197 Å². The SMILES string of the molecule is c1ccc(-n2c3ccccc3c3cc(-c4ccc5c(c4)c4ccccc4n5-c4nc(-c5ccc6oc7ccc8ccccc8c7c6c5)c5ccccc5n4)ccc32)cc1. The van der Waals surface area contributed by atoms with Crippen LogP contribution in [0.1, 0.15) is 0 Å². The van der Waals surface area contributed by atoms with Crippen LogP contribution in [0.5, 0.6) is 0 Å². The molecule has 0 amide bonds. The fourth-order valence-electron chi connectivity index (χ4n) is 9.45. The zero-order chi connectivity index (χ0) is 38.6. The molecule has 0 aliphatic carbocycles. The maximum Gasteiger partial charge on any atom is 0.235 e. The molecule has 0 spiro atoms. The van der Waals surface area contributed by atoms with Crippen LogP contribution in [0.15, 0.2) is 199 Å². The van der Waals surface area contributed by atoms with Crippen molar-refractivity contribution in [1.82, 2.24) is 19.1 Å². The monoisotopic (exact) mass is 752 g/mol. The van der Waals surface area contributed by atoms with Gasteiger partial charge in [-0.3, -0.25) is 4.57 Å². The smallest absolute Gasteiger partial charge is 0.235 e. The van der Waals surface area contributed by atoms with Crippen molar-refractivity contribution in [2.75, 3.05) is 0 Å². The lowest BCUT2D eigenvalue weighted by Crippen LogP contribution is -2.03. The Kier molecular flexibility index (Phi) is 6.66. The van der Waals surface area contributed by atoms with E-state index < -0.39 is 0 Å². The second kappa shape index (κ2) is 12.2. The highest BCUT2D eigenvalue weighted by Gasteiger charge is 2.20. The standard InChI is InChI=1S/C54H32N4O/c1-2-13-37(14-3-1)57-46-20-10-7-16-39(46)42-30-34(22-26-48(42)57)35-23-27-49-43(31-35)40-17-8-11-21-47(40)58(49)54-55-45-19-9-6-18-41(45)53(56-54)36-25-28-50-44(32-36)52-38-15-5-4-12-33(38)24-29-51(52)59-50/h1-32H. The molecular formula is C54H32N4O. The molecule has 9 aromatic carbocycles. The Labute approximate surface area is 337 Å². The summed E-state index contributed by atoms with van der Waals surface area (Å²) in [6, 6.07) is 69.0. The molecule has 0 N–H and O–H groups in total. The van der Waals surface area contributed by atoms with E-state index in [1.165, 1.54) is 38.1 Å². The summed E-state index contributed by atoms with van der Waals surface area (Å²) in [5, 5.41) is 10.3. The lowest BCUT2D eigenvalue weighted by atomic mass is 10.0. The minimum Gasteiger partial charge on any atom is -0.456 e. The molecule has 0 bridgehead atoms. The van der Waals surface area contributed by atoms with Gasteiger partial charge in [0.1, 0.15) is 11.2 Å². The Morgan fingerprint density at radius 2 is 0.915 bits per heavy atom. The molecule has 0 saturated heterocycles. The minimum absolute atomic E-state index is 0.635. The highest BCUT2D eigenvalue weighted by Crippen LogP contribution is 2.40. The Morgan fingerprint density at radius 1 is 0.356 bits per heavy atom. The molecule has 4 heterocycles. The summed E-state index contributed by atoms with van der Waals surface area (Å²) in [6.45, 7) is 0. The molecule has 0 atom stereocenters. The zero-order valence-electron chi connectivity index (χ0n) is 31.7. The summed E-state index contributed by atoms with van der Waals surface area (Å²) in [7, 11) is 0. The number of rotatable bonds is 4. The van der Waals surface area contributed by atoms with Crippen molar-refractivity contribution in [3.05, 3.63) is 194 Å². The third-order valence-electron chi connectivity index (χ3n) is 12.1. The summed E-state index contributed by atoms with van der Waals surface area (Å²) < 4.78 is 11.0. The van der Waals surface area contributed by atoms with E-state index in [1.807, 2.05) is 6.07 Å². The van der Waals surface area contributed by atoms with Crippen LogP contribution in [0.25, 0.3) is 121 Å². The predicted octanol–water partition coefficient (Wildman–Crippen LogP) is 14.2. The third-order valence-corrected chi connectivity index (χ3v) is 12.1. The van der Waals surface area contributed by atoms with Gasteiger partial charge in [-0.15, -0.1) is 0 Å². The molecule has 0 saturated carbocycles. The van der Waals surface area contributed by atoms with Crippen LogP contribution < -0.4 is 0 Å². The van der Waals surface area contributed by atoms with Crippen molar-refractivity contribution in [3.8, 4) is 34.0 Å². The first-order chi connectivity index (χ1) is 29.2. The van der Waals surface area contributed by atoms with E-state index in [0.717, 1.165) is 77.2 Å². The van der Waals surface area contributed by atoms with E-state index in [9.17, 15) is 0 Å². The van der Waals surface area contributed by atoms with Crippen LogP contribution in [-0.4, -0.2) is 19.1 Å². The molecule has 0 unspecified atom stereocenters. The molecule has 274 valence electrons. The molecule has 5 heteroatoms. The van der Waals surface area contributed by atoms with E-state index in [1.54, 1.807) is 0 Å². The van der Waals surface area contributed by atoms with Gasteiger partial charge in [-0.2, -0.15) is 0 Å². The molecule has 0 aliphatic heterocycles. The number of hydrogen-bond acceptors (Lipinski definition) is 3. The van der Waals surface area contributed by atoms with Crippen molar-refractivity contribution in [3.63, 3.8) is 0 Å². The number of fused-ring (bicyclic) bond motifs is 12. The summed E-state index contributed by atoms with van der Waals surface area (Å²) in [5.74, 6) is 0.635. The summed E-state index contributed by atoms with van der Waals surface area (Å²) in [4.78, 5) is 10.7. The molecule has 0 radical (unpaired) electrons. The number of para-hydroxylation sites is 4. The first-order valence-corrected chi connectivity index (χ1v) is 20.0. The quantitative estimate of drug-likeness (QED) is 0.180. The van der Waals surface area contributed by atoms with Gasteiger partial charge in [0.15, 0.2) is 0 Å². The van der Waals surface area contributed by atoms with Crippen molar-refractivity contribution in [2.24, 2.45) is 0 Å². The van der Waals surface area contributed by atoms with Gasteiger partial charge < -0.3 is 8.98 Å². The Hall–Kier alpha value is -8.02. The third kappa shape index (κ3) is 4.73. The highest BCUT2D eigenvalue weighted by atomic mass is 16.3. The van der Waals surface area contributed by atoms with Gasteiger partial charge in [0.25, 0.3) is 0 Å². The van der Waals surface area contributed by atoms with Crippen molar-refractivity contribution >= 4 is 87.2 Å². The van der Waals surface area contributed by atoms with Gasteiger partial charge in [-0.05, 0) is 101 Å². The molecule has 0 aliphatic rings. The molecule has 0 fully saturated rings. The van der Waals surface area contributed by atoms with Crippen LogP contribution in [0.4, 0.5) is 0 Å². The average molecular weight is 753 g/mol. The number of hydrogen-bond donors (Lipinski definition) is 0. The molecule has 59 heavy (non-hydrogen) atoms. The van der Waals surface area contributed by atoms with Gasteiger partial charge in [0.05, 0.1) is 33.3 Å². The van der Waals surface area contributed by atoms with Crippen LogP contribution in [-0.2, 0) is 0 Å².